The molecule has 0 bridgehead atoms. The van der Waals surface area contributed by atoms with E-state index in [1.54, 1.807) is 13.4 Å². The molecule has 0 amide bonds. The second-order valence-electron chi connectivity index (χ2n) is 5.70. The minimum absolute atomic E-state index is 0.271. The Morgan fingerprint density at radius 2 is 1.85 bits per heavy atom. The summed E-state index contributed by atoms with van der Waals surface area (Å²) in [6.07, 6.45) is 6.75. The second kappa shape index (κ2) is 7.73. The zero-order valence-corrected chi connectivity index (χ0v) is 12.8. The summed E-state index contributed by atoms with van der Waals surface area (Å²) in [7, 11) is 1.64. The topological polar surface area (TPSA) is 35.5 Å². The molecule has 0 atom stereocenters. The Kier molecular flexibility index (Phi) is 6.29. The molecular weight excluding hydrogens is 252 g/mol. The highest BCUT2D eigenvalue weighted by molar-refractivity contribution is 5.89. The molecule has 0 heterocycles. The number of unbranched alkanes of at least 4 members (excludes halogenated alkanes) is 1. The smallest absolute Gasteiger partial charge is 0.338 e. The summed E-state index contributed by atoms with van der Waals surface area (Å²) in [5.74, 6) is -0.271. The summed E-state index contributed by atoms with van der Waals surface area (Å²) in [6, 6.07) is 7.63. The lowest BCUT2D eigenvalue weighted by Crippen LogP contribution is -2.23. The van der Waals surface area contributed by atoms with Gasteiger partial charge in [-0.15, -0.1) is 0 Å². The molecule has 0 radical (unpaired) electrons. The van der Waals surface area contributed by atoms with Crippen molar-refractivity contribution in [3.05, 3.63) is 47.7 Å². The lowest BCUT2D eigenvalue weighted by atomic mass is 10.1. The Morgan fingerprint density at radius 1 is 1.20 bits per heavy atom. The standard InChI is InChI=1S/C17H24O3/c1-17(2,3)20-16(18)15-11-9-14(10-12-15)8-6-5-7-13-19-4/h7,9-13H,5-6,8H2,1-4H3. The van der Waals surface area contributed by atoms with Gasteiger partial charge in [-0.05, 0) is 63.8 Å². The Hall–Kier alpha value is -1.77. The molecule has 110 valence electrons. The normalized spacial score (nSPS) is 11.6. The number of carbonyl (C=O) groups is 1. The number of ether oxygens (including phenoxy) is 2. The van der Waals surface area contributed by atoms with Gasteiger partial charge >= 0.3 is 5.97 Å². The molecule has 3 nitrogen and oxygen atoms in total. The van der Waals surface area contributed by atoms with Crippen LogP contribution >= 0.6 is 0 Å². The summed E-state index contributed by atoms with van der Waals surface area (Å²) < 4.78 is 10.2. The fourth-order valence-electron chi connectivity index (χ4n) is 1.73. The maximum absolute atomic E-state index is 11.9. The van der Waals surface area contributed by atoms with Crippen molar-refractivity contribution in [3.63, 3.8) is 0 Å². The van der Waals surface area contributed by atoms with E-state index in [0.717, 1.165) is 19.3 Å². The molecule has 1 rings (SSSR count). The van der Waals surface area contributed by atoms with Gasteiger partial charge in [0.25, 0.3) is 0 Å². The summed E-state index contributed by atoms with van der Waals surface area (Å²) in [5, 5.41) is 0. The fourth-order valence-corrected chi connectivity index (χ4v) is 1.73. The van der Waals surface area contributed by atoms with E-state index >= 15 is 0 Å². The summed E-state index contributed by atoms with van der Waals surface area (Å²) in [4.78, 5) is 11.9. The number of methoxy groups -OCH3 is 1. The van der Waals surface area contributed by atoms with Gasteiger partial charge in [-0.25, -0.2) is 4.79 Å². The maximum atomic E-state index is 11.9. The highest BCUT2D eigenvalue weighted by Crippen LogP contribution is 2.14. The Balaban J connectivity index is 2.48. The van der Waals surface area contributed by atoms with E-state index in [4.69, 9.17) is 9.47 Å². The van der Waals surface area contributed by atoms with Gasteiger partial charge in [-0.3, -0.25) is 0 Å². The summed E-state index contributed by atoms with van der Waals surface area (Å²) in [6.45, 7) is 5.60. The maximum Gasteiger partial charge on any atom is 0.338 e. The Labute approximate surface area is 121 Å². The predicted molar refractivity (Wildman–Crippen MR) is 80.7 cm³/mol. The third-order valence-electron chi connectivity index (χ3n) is 2.66. The van der Waals surface area contributed by atoms with E-state index in [2.05, 4.69) is 0 Å². The first-order valence-electron chi connectivity index (χ1n) is 6.92. The number of aryl methyl sites for hydroxylation is 1. The minimum Gasteiger partial charge on any atom is -0.505 e. The first-order valence-corrected chi connectivity index (χ1v) is 6.92. The monoisotopic (exact) mass is 276 g/mol. The first-order chi connectivity index (χ1) is 9.42. The van der Waals surface area contributed by atoms with E-state index in [9.17, 15) is 4.79 Å². The van der Waals surface area contributed by atoms with Crippen molar-refractivity contribution in [1.82, 2.24) is 0 Å². The van der Waals surface area contributed by atoms with Crippen molar-refractivity contribution in [3.8, 4) is 0 Å². The largest absolute Gasteiger partial charge is 0.505 e. The van der Waals surface area contributed by atoms with Crippen LogP contribution in [-0.2, 0) is 15.9 Å². The van der Waals surface area contributed by atoms with Crippen LogP contribution in [0, 0.1) is 0 Å². The van der Waals surface area contributed by atoms with Crippen molar-refractivity contribution in [2.75, 3.05) is 7.11 Å². The molecule has 0 spiro atoms. The number of hydrogen-bond donors (Lipinski definition) is 0. The van der Waals surface area contributed by atoms with Gasteiger partial charge in [0.05, 0.1) is 18.9 Å². The average molecular weight is 276 g/mol. The molecule has 0 saturated carbocycles. The van der Waals surface area contributed by atoms with Crippen LogP contribution in [0.3, 0.4) is 0 Å². The lowest BCUT2D eigenvalue weighted by Gasteiger charge is -2.19. The molecule has 0 fully saturated rings. The third kappa shape index (κ3) is 6.41. The van der Waals surface area contributed by atoms with E-state index in [1.165, 1.54) is 5.56 Å². The molecule has 20 heavy (non-hydrogen) atoms. The van der Waals surface area contributed by atoms with Crippen LogP contribution in [0.2, 0.25) is 0 Å². The SMILES string of the molecule is COC=CCCCc1ccc(C(=O)OC(C)(C)C)cc1. The van der Waals surface area contributed by atoms with Crippen LogP contribution in [-0.4, -0.2) is 18.7 Å². The van der Waals surface area contributed by atoms with Gasteiger partial charge in [-0.2, -0.15) is 0 Å². The fraction of sp³-hybridized carbons (Fsp3) is 0.471. The molecule has 0 unspecified atom stereocenters. The molecule has 0 aliphatic rings. The lowest BCUT2D eigenvalue weighted by molar-refractivity contribution is 0.00695. The third-order valence-corrected chi connectivity index (χ3v) is 2.66. The van der Waals surface area contributed by atoms with Crippen molar-refractivity contribution in [2.24, 2.45) is 0 Å². The van der Waals surface area contributed by atoms with Crippen LogP contribution < -0.4 is 0 Å². The quantitative estimate of drug-likeness (QED) is 0.445. The van der Waals surface area contributed by atoms with Crippen molar-refractivity contribution < 1.29 is 14.3 Å². The molecule has 1 aromatic rings. The van der Waals surface area contributed by atoms with Crippen LogP contribution in [0.1, 0.15) is 49.5 Å². The van der Waals surface area contributed by atoms with E-state index in [-0.39, 0.29) is 5.97 Å². The summed E-state index contributed by atoms with van der Waals surface area (Å²) in [5.41, 5.74) is 1.37. The summed E-state index contributed by atoms with van der Waals surface area (Å²) >= 11 is 0. The number of hydrogen-bond acceptors (Lipinski definition) is 3. The van der Waals surface area contributed by atoms with Gasteiger partial charge in [-0.1, -0.05) is 12.1 Å². The molecule has 0 saturated heterocycles. The molecular formula is C17H24O3. The van der Waals surface area contributed by atoms with E-state index in [1.807, 2.05) is 51.1 Å². The molecule has 0 aromatic heterocycles. The molecule has 3 heteroatoms. The second-order valence-corrected chi connectivity index (χ2v) is 5.70. The van der Waals surface area contributed by atoms with Gasteiger partial charge in [0, 0.05) is 0 Å². The highest BCUT2D eigenvalue weighted by Gasteiger charge is 2.17. The Bertz CT molecular complexity index is 438. The minimum atomic E-state index is -0.455. The Morgan fingerprint density at radius 3 is 2.40 bits per heavy atom. The van der Waals surface area contributed by atoms with Gasteiger partial charge < -0.3 is 9.47 Å². The van der Waals surface area contributed by atoms with Crippen molar-refractivity contribution >= 4 is 5.97 Å². The number of carbonyl (C=O) groups excluding carboxylic acids is 1. The molecule has 0 N–H and O–H groups in total. The van der Waals surface area contributed by atoms with Crippen molar-refractivity contribution in [1.29, 1.82) is 0 Å². The highest BCUT2D eigenvalue weighted by atomic mass is 16.6. The van der Waals surface area contributed by atoms with E-state index in [0.29, 0.717) is 5.56 Å². The number of allylic oxidation sites excluding steroid dienone is 1. The van der Waals surface area contributed by atoms with E-state index < -0.39 is 5.60 Å². The van der Waals surface area contributed by atoms with Gasteiger partial charge in [0.2, 0.25) is 0 Å². The van der Waals surface area contributed by atoms with Crippen LogP contribution in [0.25, 0.3) is 0 Å². The average Bonchev–Trinajstić information content (AvgIpc) is 2.37. The molecule has 0 aliphatic carbocycles. The predicted octanol–water partition coefficient (Wildman–Crippen LogP) is 4.12. The van der Waals surface area contributed by atoms with Crippen LogP contribution in [0.5, 0.6) is 0 Å². The van der Waals surface area contributed by atoms with Gasteiger partial charge in [0.15, 0.2) is 0 Å². The number of rotatable bonds is 6. The van der Waals surface area contributed by atoms with Crippen LogP contribution in [0.15, 0.2) is 36.6 Å². The molecule has 1 aromatic carbocycles. The number of benzene rings is 1. The van der Waals surface area contributed by atoms with Gasteiger partial charge in [0.1, 0.15) is 5.60 Å². The number of esters is 1. The molecule has 0 aliphatic heterocycles. The zero-order chi connectivity index (χ0) is 15.0. The van der Waals surface area contributed by atoms with Crippen molar-refractivity contribution in [2.45, 2.75) is 45.6 Å². The zero-order valence-electron chi connectivity index (χ0n) is 12.8. The van der Waals surface area contributed by atoms with Crippen LogP contribution in [0.4, 0.5) is 0 Å². The first kappa shape index (κ1) is 16.3.